The van der Waals surface area contributed by atoms with Crippen LogP contribution >= 0.6 is 0 Å². The van der Waals surface area contributed by atoms with Crippen molar-refractivity contribution in [3.05, 3.63) is 35.9 Å². The molecule has 2 rings (SSSR count). The third-order valence-corrected chi connectivity index (χ3v) is 7.24. The van der Waals surface area contributed by atoms with E-state index < -0.39 is 0 Å². The first-order valence-electron chi connectivity index (χ1n) is 13.8. The Kier molecular flexibility index (Phi) is 14.4. The average molecular weight is 444 g/mol. The molecule has 3 nitrogen and oxygen atoms in total. The number of benzene rings is 1. The van der Waals surface area contributed by atoms with Crippen LogP contribution in [0.25, 0.3) is 0 Å². The topological polar surface area (TPSA) is 40.5 Å². The monoisotopic (exact) mass is 443 g/mol. The SMILES string of the molecule is CCCCCCCCCCCCCCCCCC[C@@H]1C[C@@H](c2ccccc2)CC(=O)N1O. The number of carbonyl (C=O) groups is 1. The van der Waals surface area contributed by atoms with Crippen LogP contribution in [0.3, 0.4) is 0 Å². The zero-order valence-electron chi connectivity index (χ0n) is 20.8. The number of nitrogens with zero attached hydrogens (tertiary/aromatic N) is 1. The van der Waals surface area contributed by atoms with Gasteiger partial charge in [-0.05, 0) is 24.3 Å². The normalized spacial score (nSPS) is 18.9. The van der Waals surface area contributed by atoms with Crippen LogP contribution in [0.1, 0.15) is 140 Å². The molecule has 1 aromatic rings. The lowest BCUT2D eigenvalue weighted by molar-refractivity contribution is -0.184. The molecule has 1 aliphatic heterocycles. The number of hydrogen-bond acceptors (Lipinski definition) is 2. The first-order valence-corrected chi connectivity index (χ1v) is 13.8. The Labute approximate surface area is 197 Å². The molecule has 0 saturated carbocycles. The van der Waals surface area contributed by atoms with Crippen molar-refractivity contribution in [2.24, 2.45) is 0 Å². The molecule has 0 bridgehead atoms. The predicted molar refractivity (Wildman–Crippen MR) is 135 cm³/mol. The van der Waals surface area contributed by atoms with Crippen molar-refractivity contribution in [2.45, 2.75) is 141 Å². The van der Waals surface area contributed by atoms with Crippen molar-refractivity contribution in [2.75, 3.05) is 0 Å². The molecule has 1 amide bonds. The van der Waals surface area contributed by atoms with Gasteiger partial charge in [0.25, 0.3) is 0 Å². The van der Waals surface area contributed by atoms with E-state index in [2.05, 4.69) is 19.1 Å². The highest BCUT2D eigenvalue weighted by Crippen LogP contribution is 2.33. The second-order valence-corrected chi connectivity index (χ2v) is 10.0. The number of unbranched alkanes of at least 4 members (excludes halogenated alkanes) is 15. The van der Waals surface area contributed by atoms with Crippen molar-refractivity contribution < 1.29 is 10.0 Å². The van der Waals surface area contributed by atoms with Gasteiger partial charge < -0.3 is 0 Å². The van der Waals surface area contributed by atoms with Gasteiger partial charge in [0.1, 0.15) is 0 Å². The van der Waals surface area contributed by atoms with Gasteiger partial charge in [-0.15, -0.1) is 0 Å². The van der Waals surface area contributed by atoms with E-state index in [1.807, 2.05) is 18.2 Å². The van der Waals surface area contributed by atoms with Crippen LogP contribution in [0.2, 0.25) is 0 Å². The summed E-state index contributed by atoms with van der Waals surface area (Å²) >= 11 is 0. The smallest absolute Gasteiger partial charge is 0.246 e. The lowest BCUT2D eigenvalue weighted by Gasteiger charge is -2.35. The van der Waals surface area contributed by atoms with Crippen LogP contribution in [-0.4, -0.2) is 22.2 Å². The highest BCUT2D eigenvalue weighted by atomic mass is 16.5. The molecule has 1 aliphatic rings. The van der Waals surface area contributed by atoms with Crippen molar-refractivity contribution in [1.82, 2.24) is 5.06 Å². The third kappa shape index (κ3) is 11.0. The van der Waals surface area contributed by atoms with Gasteiger partial charge in [-0.2, -0.15) is 0 Å². The van der Waals surface area contributed by atoms with Crippen LogP contribution in [0.4, 0.5) is 0 Å². The van der Waals surface area contributed by atoms with E-state index in [-0.39, 0.29) is 17.9 Å². The van der Waals surface area contributed by atoms with Crippen LogP contribution in [0.5, 0.6) is 0 Å². The largest absolute Gasteiger partial charge is 0.286 e. The number of carbonyl (C=O) groups excluding carboxylic acids is 1. The molecule has 1 fully saturated rings. The summed E-state index contributed by atoms with van der Waals surface area (Å²) in [5.41, 5.74) is 1.23. The molecule has 32 heavy (non-hydrogen) atoms. The molecule has 1 heterocycles. The molecule has 0 unspecified atom stereocenters. The van der Waals surface area contributed by atoms with Gasteiger partial charge in [0.2, 0.25) is 5.91 Å². The maximum Gasteiger partial charge on any atom is 0.246 e. The minimum atomic E-state index is -0.119. The second kappa shape index (κ2) is 17.2. The van der Waals surface area contributed by atoms with Gasteiger partial charge in [-0.25, -0.2) is 5.06 Å². The first kappa shape index (κ1) is 26.9. The molecular formula is C29H49NO2. The fourth-order valence-electron chi connectivity index (χ4n) is 5.17. The molecule has 1 aromatic carbocycles. The fraction of sp³-hybridized carbons (Fsp3) is 0.759. The lowest BCUT2D eigenvalue weighted by Crippen LogP contribution is -2.43. The molecule has 0 aliphatic carbocycles. The highest BCUT2D eigenvalue weighted by Gasteiger charge is 2.33. The van der Waals surface area contributed by atoms with Crippen molar-refractivity contribution in [1.29, 1.82) is 0 Å². The first-order chi connectivity index (χ1) is 15.7. The standard InChI is InChI=1S/C29H49NO2/c1-2-3-4-5-6-7-8-9-10-11-12-13-14-15-16-20-23-28-24-27(25-29(31)30(28)32)26-21-18-17-19-22-26/h17-19,21-22,27-28,32H,2-16,20,23-25H2,1H3/t27-,28-/m1/s1. The quantitative estimate of drug-likeness (QED) is 0.182. The van der Waals surface area contributed by atoms with Crippen LogP contribution in [0, 0.1) is 0 Å². The van der Waals surface area contributed by atoms with Gasteiger partial charge >= 0.3 is 0 Å². The van der Waals surface area contributed by atoms with E-state index in [9.17, 15) is 10.0 Å². The van der Waals surface area contributed by atoms with Crippen molar-refractivity contribution >= 4 is 5.91 Å². The molecule has 0 spiro atoms. The van der Waals surface area contributed by atoms with Crippen molar-refractivity contribution in [3.8, 4) is 0 Å². The molecule has 182 valence electrons. The molecule has 3 heteroatoms. The van der Waals surface area contributed by atoms with Crippen molar-refractivity contribution in [3.63, 3.8) is 0 Å². The lowest BCUT2D eigenvalue weighted by atomic mass is 9.84. The Balaban J connectivity index is 1.43. The van der Waals surface area contributed by atoms with Crippen LogP contribution < -0.4 is 0 Å². The average Bonchev–Trinajstić information content (AvgIpc) is 2.81. The maximum absolute atomic E-state index is 12.2. The van der Waals surface area contributed by atoms with Gasteiger partial charge in [-0.3, -0.25) is 10.0 Å². The van der Waals surface area contributed by atoms with Gasteiger partial charge in [-0.1, -0.05) is 140 Å². The number of hydroxylamine groups is 2. The number of rotatable bonds is 18. The summed E-state index contributed by atoms with van der Waals surface area (Å²) in [6.45, 7) is 2.28. The minimum Gasteiger partial charge on any atom is -0.286 e. The molecule has 2 atom stereocenters. The molecule has 0 radical (unpaired) electrons. The summed E-state index contributed by atoms with van der Waals surface area (Å²) in [5.74, 6) is 0.129. The zero-order valence-corrected chi connectivity index (χ0v) is 20.8. The summed E-state index contributed by atoms with van der Waals surface area (Å²) < 4.78 is 0. The Morgan fingerprint density at radius 1 is 0.750 bits per heavy atom. The van der Waals surface area contributed by atoms with Crippen LogP contribution in [-0.2, 0) is 4.79 Å². The summed E-state index contributed by atoms with van der Waals surface area (Å²) in [5, 5.41) is 11.2. The van der Waals surface area contributed by atoms with E-state index in [0.29, 0.717) is 6.42 Å². The van der Waals surface area contributed by atoms with E-state index in [0.717, 1.165) is 24.3 Å². The number of piperidine rings is 1. The van der Waals surface area contributed by atoms with E-state index in [1.54, 1.807) is 0 Å². The molecule has 0 aromatic heterocycles. The predicted octanol–water partition coefficient (Wildman–Crippen LogP) is 8.80. The highest BCUT2D eigenvalue weighted by molar-refractivity contribution is 5.77. The molecular weight excluding hydrogens is 394 g/mol. The van der Waals surface area contributed by atoms with Gasteiger partial charge in [0, 0.05) is 6.42 Å². The Hall–Kier alpha value is -1.35. The summed E-state index contributed by atoms with van der Waals surface area (Å²) in [6, 6.07) is 10.3. The number of hydrogen-bond donors (Lipinski definition) is 1. The van der Waals surface area contributed by atoms with E-state index >= 15 is 0 Å². The Bertz CT molecular complexity index is 588. The number of amides is 1. The third-order valence-electron chi connectivity index (χ3n) is 7.24. The Morgan fingerprint density at radius 3 is 1.72 bits per heavy atom. The minimum absolute atomic E-state index is 0.0203. The summed E-state index contributed by atoms with van der Waals surface area (Å²) in [6.07, 6.45) is 24.1. The summed E-state index contributed by atoms with van der Waals surface area (Å²) in [4.78, 5) is 12.2. The summed E-state index contributed by atoms with van der Waals surface area (Å²) in [7, 11) is 0. The molecule has 1 saturated heterocycles. The zero-order chi connectivity index (χ0) is 22.9. The fourth-order valence-corrected chi connectivity index (χ4v) is 5.17. The van der Waals surface area contributed by atoms with Gasteiger partial charge in [0.05, 0.1) is 6.04 Å². The Morgan fingerprint density at radius 2 is 1.22 bits per heavy atom. The van der Waals surface area contributed by atoms with E-state index in [4.69, 9.17) is 0 Å². The molecule has 1 N–H and O–H groups in total. The maximum atomic E-state index is 12.2. The van der Waals surface area contributed by atoms with E-state index in [1.165, 1.54) is 102 Å². The van der Waals surface area contributed by atoms with Gasteiger partial charge in [0.15, 0.2) is 0 Å². The van der Waals surface area contributed by atoms with Crippen LogP contribution in [0.15, 0.2) is 30.3 Å². The second-order valence-electron chi connectivity index (χ2n) is 10.0.